The number of rotatable bonds is 3. The SMILES string of the molecule is CC(C)(C)c1ccc(N2CCC(NC(=O)C3CCCNC3)CC2)cc1.Cl.Cl. The van der Waals surface area contributed by atoms with Crippen LogP contribution in [-0.4, -0.2) is 38.1 Å². The zero-order valence-electron chi connectivity index (χ0n) is 16.8. The Hall–Kier alpha value is -0.970. The highest BCUT2D eigenvalue weighted by molar-refractivity contribution is 5.85. The molecule has 154 valence electrons. The van der Waals surface area contributed by atoms with Gasteiger partial charge < -0.3 is 15.5 Å². The Morgan fingerprint density at radius 2 is 1.70 bits per heavy atom. The van der Waals surface area contributed by atoms with E-state index in [-0.39, 0.29) is 42.1 Å². The molecule has 0 bridgehead atoms. The summed E-state index contributed by atoms with van der Waals surface area (Å²) in [5.74, 6) is 0.414. The Morgan fingerprint density at radius 1 is 1.07 bits per heavy atom. The Labute approximate surface area is 176 Å². The molecule has 2 fully saturated rings. The first-order chi connectivity index (χ1) is 11.9. The van der Waals surface area contributed by atoms with Crippen molar-refractivity contribution in [3.8, 4) is 0 Å². The van der Waals surface area contributed by atoms with Gasteiger partial charge in [-0.3, -0.25) is 4.79 Å². The summed E-state index contributed by atoms with van der Waals surface area (Å²) in [5.41, 5.74) is 2.87. The highest BCUT2D eigenvalue weighted by Gasteiger charge is 2.26. The highest BCUT2D eigenvalue weighted by atomic mass is 35.5. The van der Waals surface area contributed by atoms with Crippen LogP contribution in [0.1, 0.15) is 52.0 Å². The summed E-state index contributed by atoms with van der Waals surface area (Å²) in [7, 11) is 0. The molecule has 6 heteroatoms. The third kappa shape index (κ3) is 6.55. The molecule has 2 aliphatic rings. The molecule has 1 unspecified atom stereocenters. The molecule has 0 aliphatic carbocycles. The first-order valence-corrected chi connectivity index (χ1v) is 9.80. The number of carbonyl (C=O) groups excluding carboxylic acids is 1. The zero-order valence-corrected chi connectivity index (χ0v) is 18.4. The normalized spacial score (nSPS) is 21.0. The molecule has 3 rings (SSSR count). The average Bonchev–Trinajstić information content (AvgIpc) is 2.62. The van der Waals surface area contributed by atoms with E-state index >= 15 is 0 Å². The van der Waals surface area contributed by atoms with Gasteiger partial charge >= 0.3 is 0 Å². The van der Waals surface area contributed by atoms with Crippen molar-refractivity contribution in [2.75, 3.05) is 31.1 Å². The van der Waals surface area contributed by atoms with Crippen LogP contribution < -0.4 is 15.5 Å². The van der Waals surface area contributed by atoms with Crippen molar-refractivity contribution in [2.45, 2.75) is 57.9 Å². The topological polar surface area (TPSA) is 44.4 Å². The molecule has 27 heavy (non-hydrogen) atoms. The van der Waals surface area contributed by atoms with Gasteiger partial charge in [0.2, 0.25) is 5.91 Å². The van der Waals surface area contributed by atoms with Crippen molar-refractivity contribution in [3.05, 3.63) is 29.8 Å². The van der Waals surface area contributed by atoms with E-state index in [9.17, 15) is 4.79 Å². The Balaban J connectivity index is 0.00000182. The maximum atomic E-state index is 12.4. The van der Waals surface area contributed by atoms with Crippen molar-refractivity contribution in [2.24, 2.45) is 5.92 Å². The molecule has 1 aromatic carbocycles. The van der Waals surface area contributed by atoms with Crippen LogP contribution >= 0.6 is 24.8 Å². The summed E-state index contributed by atoms with van der Waals surface area (Å²) in [4.78, 5) is 14.8. The average molecular weight is 416 g/mol. The minimum Gasteiger partial charge on any atom is -0.371 e. The van der Waals surface area contributed by atoms with Crippen LogP contribution in [0.4, 0.5) is 5.69 Å². The van der Waals surface area contributed by atoms with Gasteiger partial charge in [-0.15, -0.1) is 24.8 Å². The van der Waals surface area contributed by atoms with Gasteiger partial charge in [0.15, 0.2) is 0 Å². The van der Waals surface area contributed by atoms with Crippen LogP contribution in [-0.2, 0) is 10.2 Å². The van der Waals surface area contributed by atoms with Crippen molar-refractivity contribution in [1.29, 1.82) is 0 Å². The molecule has 2 saturated heterocycles. The van der Waals surface area contributed by atoms with E-state index in [2.05, 4.69) is 60.6 Å². The molecular formula is C21H35Cl2N3O. The lowest BCUT2D eigenvalue weighted by Crippen LogP contribution is -2.48. The monoisotopic (exact) mass is 415 g/mol. The summed E-state index contributed by atoms with van der Waals surface area (Å²) >= 11 is 0. The van der Waals surface area contributed by atoms with Gasteiger partial charge in [0.25, 0.3) is 0 Å². The lowest BCUT2D eigenvalue weighted by atomic mass is 9.87. The van der Waals surface area contributed by atoms with E-state index in [0.29, 0.717) is 6.04 Å². The maximum absolute atomic E-state index is 12.4. The van der Waals surface area contributed by atoms with Crippen LogP contribution in [0.15, 0.2) is 24.3 Å². The molecule has 0 spiro atoms. The predicted octanol–water partition coefficient (Wildman–Crippen LogP) is 3.91. The standard InChI is InChI=1S/C21H33N3O.2ClH/c1-21(2,3)17-6-8-19(9-7-17)24-13-10-18(11-14-24)23-20(25)16-5-4-12-22-15-16;;/h6-9,16,18,22H,4-5,10-15H2,1-3H3,(H,23,25);2*1H. The minimum absolute atomic E-state index is 0. The second-order valence-electron chi connectivity index (χ2n) is 8.61. The number of nitrogens with zero attached hydrogens (tertiary/aromatic N) is 1. The first-order valence-electron chi connectivity index (χ1n) is 9.80. The molecule has 2 aliphatic heterocycles. The van der Waals surface area contributed by atoms with Gasteiger partial charge in [-0.05, 0) is 55.3 Å². The van der Waals surface area contributed by atoms with Gasteiger partial charge in [-0.1, -0.05) is 32.9 Å². The molecule has 2 heterocycles. The first kappa shape index (κ1) is 24.1. The van der Waals surface area contributed by atoms with Crippen molar-refractivity contribution < 1.29 is 4.79 Å². The second-order valence-corrected chi connectivity index (χ2v) is 8.61. The van der Waals surface area contributed by atoms with Gasteiger partial charge in [0.1, 0.15) is 0 Å². The Morgan fingerprint density at radius 3 is 2.22 bits per heavy atom. The van der Waals surface area contributed by atoms with Gasteiger partial charge in [-0.25, -0.2) is 0 Å². The summed E-state index contributed by atoms with van der Waals surface area (Å²) in [6, 6.07) is 9.32. The number of amides is 1. The number of halogens is 2. The van der Waals surface area contributed by atoms with Gasteiger partial charge in [0, 0.05) is 31.4 Å². The number of benzene rings is 1. The van der Waals surface area contributed by atoms with Crippen molar-refractivity contribution in [1.82, 2.24) is 10.6 Å². The fraction of sp³-hybridized carbons (Fsp3) is 0.667. The third-order valence-corrected chi connectivity index (χ3v) is 5.61. The quantitative estimate of drug-likeness (QED) is 0.785. The molecule has 1 amide bonds. The highest BCUT2D eigenvalue weighted by Crippen LogP contribution is 2.26. The number of carbonyl (C=O) groups is 1. The lowest BCUT2D eigenvalue weighted by Gasteiger charge is -2.35. The van der Waals surface area contributed by atoms with E-state index in [1.54, 1.807) is 0 Å². The molecule has 0 saturated carbocycles. The molecule has 2 N–H and O–H groups in total. The molecular weight excluding hydrogens is 381 g/mol. The largest absolute Gasteiger partial charge is 0.371 e. The van der Waals surface area contributed by atoms with Gasteiger partial charge in [0.05, 0.1) is 5.92 Å². The van der Waals surface area contributed by atoms with Crippen LogP contribution in [0.3, 0.4) is 0 Å². The summed E-state index contributed by atoms with van der Waals surface area (Å²) in [6.07, 6.45) is 4.21. The lowest BCUT2D eigenvalue weighted by molar-refractivity contribution is -0.126. The molecule has 1 atom stereocenters. The Bertz CT molecular complexity index is 572. The van der Waals surface area contributed by atoms with Crippen LogP contribution in [0.5, 0.6) is 0 Å². The van der Waals surface area contributed by atoms with Crippen molar-refractivity contribution >= 4 is 36.4 Å². The van der Waals surface area contributed by atoms with Crippen molar-refractivity contribution in [3.63, 3.8) is 0 Å². The van der Waals surface area contributed by atoms with E-state index < -0.39 is 0 Å². The summed E-state index contributed by atoms with van der Waals surface area (Å²) in [6.45, 7) is 10.7. The summed E-state index contributed by atoms with van der Waals surface area (Å²) in [5, 5.41) is 6.61. The zero-order chi connectivity index (χ0) is 17.9. The fourth-order valence-corrected chi connectivity index (χ4v) is 3.85. The number of nitrogens with one attached hydrogen (secondary N) is 2. The second kappa shape index (κ2) is 10.5. The predicted molar refractivity (Wildman–Crippen MR) is 119 cm³/mol. The fourth-order valence-electron chi connectivity index (χ4n) is 3.85. The van der Waals surface area contributed by atoms with E-state index in [1.807, 2.05) is 0 Å². The van der Waals surface area contributed by atoms with E-state index in [1.165, 1.54) is 11.3 Å². The number of hydrogen-bond donors (Lipinski definition) is 2. The van der Waals surface area contributed by atoms with E-state index in [4.69, 9.17) is 0 Å². The number of anilines is 1. The van der Waals surface area contributed by atoms with Crippen LogP contribution in [0, 0.1) is 5.92 Å². The maximum Gasteiger partial charge on any atom is 0.224 e. The molecule has 4 nitrogen and oxygen atoms in total. The molecule has 0 radical (unpaired) electrons. The smallest absolute Gasteiger partial charge is 0.224 e. The summed E-state index contributed by atoms with van der Waals surface area (Å²) < 4.78 is 0. The van der Waals surface area contributed by atoms with Gasteiger partial charge in [-0.2, -0.15) is 0 Å². The number of piperidine rings is 2. The van der Waals surface area contributed by atoms with Crippen LogP contribution in [0.25, 0.3) is 0 Å². The minimum atomic E-state index is 0. The Kier molecular flexibility index (Phi) is 9.40. The van der Waals surface area contributed by atoms with Crippen LogP contribution in [0.2, 0.25) is 0 Å². The molecule has 1 aromatic rings. The van der Waals surface area contributed by atoms with E-state index in [0.717, 1.165) is 51.9 Å². The molecule has 0 aromatic heterocycles. The third-order valence-electron chi connectivity index (χ3n) is 5.61. The number of hydrogen-bond acceptors (Lipinski definition) is 3.